The Hall–Kier alpha value is -0.0400. The maximum Gasteiger partial charge on any atom is 0.00683 e. The van der Waals surface area contributed by atoms with Crippen LogP contribution in [0.3, 0.4) is 0 Å². The third-order valence-corrected chi connectivity index (χ3v) is 3.57. The maximum absolute atomic E-state index is 3.66. The smallest absolute Gasteiger partial charge is 0.00683 e. The highest BCUT2D eigenvalue weighted by atomic mass is 14.9. The third kappa shape index (κ3) is 6.94. The van der Waals surface area contributed by atoms with Gasteiger partial charge >= 0.3 is 0 Å². The molecule has 0 aromatic rings. The first kappa shape index (κ1) is 13.0. The van der Waals surface area contributed by atoms with Crippen LogP contribution in [0.4, 0.5) is 0 Å². The van der Waals surface area contributed by atoms with E-state index < -0.39 is 0 Å². The van der Waals surface area contributed by atoms with Crippen molar-refractivity contribution in [2.24, 2.45) is 5.92 Å². The average molecular weight is 211 g/mol. The van der Waals surface area contributed by atoms with Gasteiger partial charge in [0.05, 0.1) is 0 Å². The molecule has 0 aromatic heterocycles. The molecule has 1 aliphatic carbocycles. The molecule has 1 atom stereocenters. The highest BCUT2D eigenvalue weighted by molar-refractivity contribution is 4.81. The summed E-state index contributed by atoms with van der Waals surface area (Å²) in [6.45, 7) is 5.90. The van der Waals surface area contributed by atoms with E-state index in [9.17, 15) is 0 Å². The fourth-order valence-electron chi connectivity index (χ4n) is 2.11. The Bertz CT molecular complexity index is 140. The van der Waals surface area contributed by atoms with Gasteiger partial charge in [0.1, 0.15) is 0 Å². The van der Waals surface area contributed by atoms with Crippen molar-refractivity contribution in [3.63, 3.8) is 0 Å². The van der Waals surface area contributed by atoms with Crippen LogP contribution in [-0.4, -0.2) is 12.6 Å². The second kappa shape index (κ2) is 8.15. The maximum atomic E-state index is 3.66. The Kier molecular flexibility index (Phi) is 7.08. The first-order valence-electron chi connectivity index (χ1n) is 7.10. The van der Waals surface area contributed by atoms with E-state index >= 15 is 0 Å². The second-order valence-electron chi connectivity index (χ2n) is 5.16. The van der Waals surface area contributed by atoms with Crippen molar-refractivity contribution in [2.45, 2.75) is 77.7 Å². The van der Waals surface area contributed by atoms with Crippen molar-refractivity contribution in [1.82, 2.24) is 5.32 Å². The van der Waals surface area contributed by atoms with Gasteiger partial charge in [-0.3, -0.25) is 0 Å². The minimum atomic E-state index is 0.888. The first-order chi connectivity index (χ1) is 7.36. The third-order valence-electron chi connectivity index (χ3n) is 3.57. The van der Waals surface area contributed by atoms with Crippen molar-refractivity contribution in [3.8, 4) is 0 Å². The SMILES string of the molecule is CCCCCCCC(CC)CNC1CC1. The van der Waals surface area contributed by atoms with E-state index in [1.807, 2.05) is 0 Å². The molecule has 0 aliphatic heterocycles. The summed E-state index contributed by atoms with van der Waals surface area (Å²) in [5.41, 5.74) is 0. The summed E-state index contributed by atoms with van der Waals surface area (Å²) >= 11 is 0. The topological polar surface area (TPSA) is 12.0 Å². The Morgan fingerprint density at radius 1 is 1.07 bits per heavy atom. The Morgan fingerprint density at radius 2 is 1.80 bits per heavy atom. The molecule has 0 aromatic carbocycles. The lowest BCUT2D eigenvalue weighted by molar-refractivity contribution is 0.410. The van der Waals surface area contributed by atoms with Gasteiger partial charge < -0.3 is 5.32 Å². The second-order valence-corrected chi connectivity index (χ2v) is 5.16. The number of unbranched alkanes of at least 4 members (excludes halogenated alkanes) is 4. The molecule has 15 heavy (non-hydrogen) atoms. The molecular formula is C14H29N. The standard InChI is InChI=1S/C14H29N/c1-3-5-6-7-8-9-13(4-2)12-15-14-10-11-14/h13-15H,3-12H2,1-2H3. The van der Waals surface area contributed by atoms with Gasteiger partial charge in [0.25, 0.3) is 0 Å². The monoisotopic (exact) mass is 211 g/mol. The predicted octanol–water partition coefficient (Wildman–Crippen LogP) is 4.13. The van der Waals surface area contributed by atoms with E-state index in [0.29, 0.717) is 0 Å². The van der Waals surface area contributed by atoms with Crippen molar-refractivity contribution in [2.75, 3.05) is 6.54 Å². The van der Waals surface area contributed by atoms with E-state index in [4.69, 9.17) is 0 Å². The van der Waals surface area contributed by atoms with Gasteiger partial charge in [-0.25, -0.2) is 0 Å². The normalized spacial score (nSPS) is 18.0. The van der Waals surface area contributed by atoms with Gasteiger partial charge in [-0.2, -0.15) is 0 Å². The van der Waals surface area contributed by atoms with Crippen LogP contribution in [0.2, 0.25) is 0 Å². The van der Waals surface area contributed by atoms with Crippen LogP contribution in [0, 0.1) is 5.92 Å². The quantitative estimate of drug-likeness (QED) is 0.536. The molecule has 0 heterocycles. The molecule has 0 saturated heterocycles. The van der Waals surface area contributed by atoms with E-state index in [1.165, 1.54) is 64.3 Å². The lowest BCUT2D eigenvalue weighted by Crippen LogP contribution is -2.24. The number of hydrogen-bond acceptors (Lipinski definition) is 1. The molecule has 1 aliphatic rings. The zero-order valence-electron chi connectivity index (χ0n) is 10.7. The first-order valence-corrected chi connectivity index (χ1v) is 7.10. The lowest BCUT2D eigenvalue weighted by atomic mass is 9.98. The zero-order chi connectivity index (χ0) is 10.9. The molecule has 1 N–H and O–H groups in total. The number of nitrogens with one attached hydrogen (secondary N) is 1. The molecule has 1 fully saturated rings. The van der Waals surface area contributed by atoms with Gasteiger partial charge in [-0.15, -0.1) is 0 Å². The van der Waals surface area contributed by atoms with Crippen molar-refractivity contribution in [3.05, 3.63) is 0 Å². The molecule has 90 valence electrons. The van der Waals surface area contributed by atoms with Crippen LogP contribution in [0.15, 0.2) is 0 Å². The van der Waals surface area contributed by atoms with E-state index in [1.54, 1.807) is 0 Å². The lowest BCUT2D eigenvalue weighted by Gasteiger charge is -2.15. The Balaban J connectivity index is 1.90. The van der Waals surface area contributed by atoms with Gasteiger partial charge in [-0.05, 0) is 31.7 Å². The Labute approximate surface area is 96.0 Å². The van der Waals surface area contributed by atoms with Crippen LogP contribution in [-0.2, 0) is 0 Å². The van der Waals surface area contributed by atoms with Crippen LogP contribution in [0.5, 0.6) is 0 Å². The predicted molar refractivity (Wildman–Crippen MR) is 68.2 cm³/mol. The van der Waals surface area contributed by atoms with E-state index in [2.05, 4.69) is 19.2 Å². The number of hydrogen-bond donors (Lipinski definition) is 1. The van der Waals surface area contributed by atoms with Gasteiger partial charge in [0.15, 0.2) is 0 Å². The summed E-state index contributed by atoms with van der Waals surface area (Å²) in [6, 6.07) is 0.888. The summed E-state index contributed by atoms with van der Waals surface area (Å²) in [5, 5.41) is 3.66. The molecule has 1 saturated carbocycles. The van der Waals surface area contributed by atoms with Crippen molar-refractivity contribution >= 4 is 0 Å². The summed E-state index contributed by atoms with van der Waals surface area (Å²) < 4.78 is 0. The summed E-state index contributed by atoms with van der Waals surface area (Å²) in [7, 11) is 0. The molecule has 0 amide bonds. The van der Waals surface area contributed by atoms with Crippen LogP contribution in [0.1, 0.15) is 71.6 Å². The summed E-state index contributed by atoms with van der Waals surface area (Å²) in [4.78, 5) is 0. The number of rotatable bonds is 10. The summed E-state index contributed by atoms with van der Waals surface area (Å²) in [6.07, 6.45) is 12.8. The fraction of sp³-hybridized carbons (Fsp3) is 1.00. The van der Waals surface area contributed by atoms with Crippen molar-refractivity contribution < 1.29 is 0 Å². The molecule has 0 spiro atoms. The van der Waals surface area contributed by atoms with Gasteiger partial charge in [0, 0.05) is 6.04 Å². The van der Waals surface area contributed by atoms with Crippen LogP contribution in [0.25, 0.3) is 0 Å². The van der Waals surface area contributed by atoms with Gasteiger partial charge in [0.2, 0.25) is 0 Å². The highest BCUT2D eigenvalue weighted by Gasteiger charge is 2.21. The fourth-order valence-corrected chi connectivity index (χ4v) is 2.11. The minimum absolute atomic E-state index is 0.888. The van der Waals surface area contributed by atoms with Crippen molar-refractivity contribution in [1.29, 1.82) is 0 Å². The largest absolute Gasteiger partial charge is 0.314 e. The molecule has 1 rings (SSSR count). The zero-order valence-corrected chi connectivity index (χ0v) is 10.7. The van der Waals surface area contributed by atoms with Crippen LogP contribution < -0.4 is 5.32 Å². The molecule has 0 radical (unpaired) electrons. The van der Waals surface area contributed by atoms with E-state index in [0.717, 1.165) is 12.0 Å². The summed E-state index contributed by atoms with van der Waals surface area (Å²) in [5.74, 6) is 0.937. The van der Waals surface area contributed by atoms with Crippen LogP contribution >= 0.6 is 0 Å². The highest BCUT2D eigenvalue weighted by Crippen LogP contribution is 2.20. The van der Waals surface area contributed by atoms with E-state index in [-0.39, 0.29) is 0 Å². The Morgan fingerprint density at radius 3 is 2.40 bits per heavy atom. The molecule has 1 heteroatoms. The minimum Gasteiger partial charge on any atom is -0.314 e. The molecule has 1 unspecified atom stereocenters. The average Bonchev–Trinajstić information content (AvgIpc) is 3.06. The molecule has 0 bridgehead atoms. The van der Waals surface area contributed by atoms with Gasteiger partial charge in [-0.1, -0.05) is 52.4 Å². The molecule has 1 nitrogen and oxygen atoms in total. The molecular weight excluding hydrogens is 182 g/mol.